The zero-order valence-electron chi connectivity index (χ0n) is 13.6. The third-order valence-electron chi connectivity index (χ3n) is 3.41. The summed E-state index contributed by atoms with van der Waals surface area (Å²) in [6.45, 7) is 6.67. The third-order valence-corrected chi connectivity index (χ3v) is 3.41. The first-order valence-electron chi connectivity index (χ1n) is 7.46. The van der Waals surface area contributed by atoms with E-state index in [0.29, 0.717) is 25.3 Å². The number of piperazine rings is 1. The molecule has 1 atom stereocenters. The molecule has 1 fully saturated rings. The standard InChI is InChI=1S/C15H22N4O4/c1-15(2,3)23-14(22)19-7-6-18(12(10-19)13(20)21)9-11-8-16-4-5-17-11/h4-5,8,12H,6-7,9-10H2,1-3H3,(H,20,21)/t12-/m0/s1. The van der Waals surface area contributed by atoms with Gasteiger partial charge in [0.15, 0.2) is 0 Å². The molecule has 1 aromatic rings. The van der Waals surface area contributed by atoms with Crippen LogP contribution in [0.1, 0.15) is 26.5 Å². The molecule has 0 radical (unpaired) electrons. The number of aliphatic carboxylic acids is 1. The van der Waals surface area contributed by atoms with E-state index in [9.17, 15) is 14.7 Å². The smallest absolute Gasteiger partial charge is 0.410 e. The Morgan fingerprint density at radius 1 is 1.35 bits per heavy atom. The van der Waals surface area contributed by atoms with Gasteiger partial charge in [-0.25, -0.2) is 4.79 Å². The van der Waals surface area contributed by atoms with E-state index in [1.807, 2.05) is 0 Å². The Morgan fingerprint density at radius 3 is 2.65 bits per heavy atom. The molecule has 0 aromatic carbocycles. The number of carboxylic acid groups (broad SMARTS) is 1. The maximum Gasteiger partial charge on any atom is 0.410 e. The molecular weight excluding hydrogens is 300 g/mol. The number of carbonyl (C=O) groups is 2. The minimum Gasteiger partial charge on any atom is -0.480 e. The Hall–Kier alpha value is -2.22. The van der Waals surface area contributed by atoms with E-state index in [4.69, 9.17) is 4.74 Å². The van der Waals surface area contributed by atoms with Gasteiger partial charge in [0.1, 0.15) is 11.6 Å². The molecule has 8 nitrogen and oxygen atoms in total. The van der Waals surface area contributed by atoms with Crippen molar-refractivity contribution in [3.63, 3.8) is 0 Å². The number of rotatable bonds is 3. The predicted molar refractivity (Wildman–Crippen MR) is 81.7 cm³/mol. The van der Waals surface area contributed by atoms with Crippen molar-refractivity contribution in [1.29, 1.82) is 0 Å². The molecule has 1 aromatic heterocycles. The number of carbonyl (C=O) groups excluding carboxylic acids is 1. The highest BCUT2D eigenvalue weighted by molar-refractivity contribution is 5.76. The lowest BCUT2D eigenvalue weighted by atomic mass is 10.1. The molecule has 1 N–H and O–H groups in total. The minimum absolute atomic E-state index is 0.0878. The second-order valence-corrected chi connectivity index (χ2v) is 6.45. The van der Waals surface area contributed by atoms with Gasteiger partial charge in [0.2, 0.25) is 0 Å². The van der Waals surface area contributed by atoms with Crippen LogP contribution in [0.15, 0.2) is 18.6 Å². The third kappa shape index (κ3) is 4.88. The van der Waals surface area contributed by atoms with Gasteiger partial charge >= 0.3 is 12.1 Å². The maximum atomic E-state index is 12.1. The van der Waals surface area contributed by atoms with Crippen molar-refractivity contribution < 1.29 is 19.4 Å². The van der Waals surface area contributed by atoms with Gasteiger partial charge in [-0.05, 0) is 20.8 Å². The van der Waals surface area contributed by atoms with Gasteiger partial charge in [0.05, 0.1) is 12.2 Å². The average molecular weight is 322 g/mol. The van der Waals surface area contributed by atoms with Crippen LogP contribution in [0.5, 0.6) is 0 Å². The van der Waals surface area contributed by atoms with Crippen LogP contribution in [-0.4, -0.2) is 68.2 Å². The predicted octanol–water partition coefficient (Wildman–Crippen LogP) is 0.983. The Labute approximate surface area is 135 Å². The molecule has 126 valence electrons. The van der Waals surface area contributed by atoms with E-state index in [-0.39, 0.29) is 6.54 Å². The van der Waals surface area contributed by atoms with Crippen LogP contribution in [0, 0.1) is 0 Å². The second-order valence-electron chi connectivity index (χ2n) is 6.45. The number of hydrogen-bond acceptors (Lipinski definition) is 6. The highest BCUT2D eigenvalue weighted by Crippen LogP contribution is 2.16. The van der Waals surface area contributed by atoms with E-state index < -0.39 is 23.7 Å². The minimum atomic E-state index is -0.970. The lowest BCUT2D eigenvalue weighted by molar-refractivity contribution is -0.145. The summed E-state index contributed by atoms with van der Waals surface area (Å²) >= 11 is 0. The van der Waals surface area contributed by atoms with Crippen molar-refractivity contribution in [2.75, 3.05) is 19.6 Å². The maximum absolute atomic E-state index is 12.1. The van der Waals surface area contributed by atoms with Gasteiger partial charge in [-0.15, -0.1) is 0 Å². The number of ether oxygens (including phenoxy) is 1. The fraction of sp³-hybridized carbons (Fsp3) is 0.600. The summed E-state index contributed by atoms with van der Waals surface area (Å²) < 4.78 is 5.31. The molecular formula is C15H22N4O4. The highest BCUT2D eigenvalue weighted by Gasteiger charge is 2.36. The molecule has 0 aliphatic carbocycles. The second kappa shape index (κ2) is 6.91. The van der Waals surface area contributed by atoms with E-state index in [1.54, 1.807) is 44.3 Å². The number of hydrogen-bond donors (Lipinski definition) is 1. The summed E-state index contributed by atoms with van der Waals surface area (Å²) in [5.74, 6) is -0.970. The molecule has 1 saturated heterocycles. The molecule has 2 heterocycles. The molecule has 8 heteroatoms. The van der Waals surface area contributed by atoms with Gasteiger partial charge in [-0.3, -0.25) is 19.7 Å². The lowest BCUT2D eigenvalue weighted by Crippen LogP contribution is -2.57. The van der Waals surface area contributed by atoms with Gasteiger partial charge in [-0.1, -0.05) is 0 Å². The summed E-state index contributed by atoms with van der Waals surface area (Å²) in [4.78, 5) is 35.0. The van der Waals surface area contributed by atoms with Crippen LogP contribution in [0.25, 0.3) is 0 Å². The van der Waals surface area contributed by atoms with E-state index >= 15 is 0 Å². The van der Waals surface area contributed by atoms with E-state index in [1.165, 1.54) is 4.90 Å². The van der Waals surface area contributed by atoms with Crippen molar-refractivity contribution in [2.24, 2.45) is 0 Å². The first-order chi connectivity index (χ1) is 10.8. The Kier molecular flexibility index (Phi) is 5.15. The van der Waals surface area contributed by atoms with Gasteiger partial charge in [0.25, 0.3) is 0 Å². The first kappa shape index (κ1) is 17.1. The Morgan fingerprint density at radius 2 is 2.09 bits per heavy atom. The topological polar surface area (TPSA) is 95.9 Å². The van der Waals surface area contributed by atoms with E-state index in [0.717, 1.165) is 0 Å². The molecule has 0 spiro atoms. The summed E-state index contributed by atoms with van der Waals surface area (Å²) in [5.41, 5.74) is 0.0940. The number of aromatic nitrogens is 2. The largest absolute Gasteiger partial charge is 0.480 e. The zero-order chi connectivity index (χ0) is 17.0. The fourth-order valence-corrected chi connectivity index (χ4v) is 2.36. The van der Waals surface area contributed by atoms with E-state index in [2.05, 4.69) is 9.97 Å². The normalized spacial score (nSPS) is 19.4. The average Bonchev–Trinajstić information content (AvgIpc) is 2.46. The Bertz CT molecular complexity index is 558. The molecule has 1 aliphatic rings. The molecule has 23 heavy (non-hydrogen) atoms. The van der Waals surface area contributed by atoms with Gasteiger partial charge in [-0.2, -0.15) is 0 Å². The number of nitrogens with zero attached hydrogens (tertiary/aromatic N) is 4. The summed E-state index contributed by atoms with van der Waals surface area (Å²) in [6, 6.07) is -0.793. The fourth-order valence-electron chi connectivity index (χ4n) is 2.36. The highest BCUT2D eigenvalue weighted by atomic mass is 16.6. The molecule has 0 bridgehead atoms. The monoisotopic (exact) mass is 322 g/mol. The van der Waals surface area contributed by atoms with Crippen LogP contribution in [-0.2, 0) is 16.1 Å². The molecule has 0 saturated carbocycles. The van der Waals surface area contributed by atoms with Crippen LogP contribution in [0.4, 0.5) is 4.79 Å². The quantitative estimate of drug-likeness (QED) is 0.886. The SMILES string of the molecule is CC(C)(C)OC(=O)N1CCN(Cc2cnccn2)[C@H](C(=O)O)C1. The molecule has 2 rings (SSSR count). The van der Waals surface area contributed by atoms with Crippen molar-refractivity contribution in [3.05, 3.63) is 24.3 Å². The van der Waals surface area contributed by atoms with Crippen molar-refractivity contribution in [2.45, 2.75) is 39.0 Å². The summed E-state index contributed by atoms with van der Waals surface area (Å²) in [7, 11) is 0. The van der Waals surface area contributed by atoms with Gasteiger partial charge in [0, 0.05) is 38.2 Å². The summed E-state index contributed by atoms with van der Waals surface area (Å²) in [6.07, 6.45) is 4.27. The first-order valence-corrected chi connectivity index (χ1v) is 7.46. The van der Waals surface area contributed by atoms with Crippen LogP contribution >= 0.6 is 0 Å². The molecule has 1 amide bonds. The number of amides is 1. The zero-order valence-corrected chi connectivity index (χ0v) is 13.6. The Balaban J connectivity index is 2.03. The lowest BCUT2D eigenvalue weighted by Gasteiger charge is -2.39. The van der Waals surface area contributed by atoms with Crippen LogP contribution in [0.2, 0.25) is 0 Å². The number of carboxylic acids is 1. The van der Waals surface area contributed by atoms with Crippen molar-refractivity contribution >= 4 is 12.1 Å². The van der Waals surface area contributed by atoms with Gasteiger partial charge < -0.3 is 14.7 Å². The van der Waals surface area contributed by atoms with Crippen LogP contribution in [0.3, 0.4) is 0 Å². The summed E-state index contributed by atoms with van der Waals surface area (Å²) in [5, 5.41) is 9.46. The van der Waals surface area contributed by atoms with Crippen molar-refractivity contribution in [3.8, 4) is 0 Å². The molecule has 0 unspecified atom stereocenters. The molecule has 1 aliphatic heterocycles. The van der Waals surface area contributed by atoms with Crippen LogP contribution < -0.4 is 0 Å². The van der Waals surface area contributed by atoms with Crippen molar-refractivity contribution in [1.82, 2.24) is 19.8 Å².